The van der Waals surface area contributed by atoms with Crippen molar-refractivity contribution in [3.05, 3.63) is 87.9 Å². The fourth-order valence-corrected chi connectivity index (χ4v) is 6.25. The predicted molar refractivity (Wildman–Crippen MR) is 149 cm³/mol. The van der Waals surface area contributed by atoms with Crippen LogP contribution in [0.15, 0.2) is 82.2 Å². The molecule has 7 nitrogen and oxygen atoms in total. The first-order valence-electron chi connectivity index (χ1n) is 11.8. The van der Waals surface area contributed by atoms with Gasteiger partial charge in [0.05, 0.1) is 17.4 Å². The SMILES string of the molecule is CC(=O)Nc1ccc(N(Cc2ccc(Br)cc2)C(=O)C2CCCN(S(=O)(=O)c3ccc(Cl)cc3)C2)cc1. The van der Waals surface area contributed by atoms with Crippen molar-refractivity contribution in [1.82, 2.24) is 4.31 Å². The van der Waals surface area contributed by atoms with Crippen LogP contribution in [0, 0.1) is 5.92 Å². The van der Waals surface area contributed by atoms with Crippen LogP contribution in [-0.2, 0) is 26.2 Å². The molecule has 1 aliphatic rings. The molecular formula is C27H27BrClN3O4S. The molecule has 0 saturated carbocycles. The number of hydrogen-bond acceptors (Lipinski definition) is 4. The number of anilines is 2. The lowest BCUT2D eigenvalue weighted by Gasteiger charge is -2.34. The molecule has 0 aliphatic carbocycles. The van der Waals surface area contributed by atoms with E-state index in [1.807, 2.05) is 24.3 Å². The number of nitrogens with one attached hydrogen (secondary N) is 1. The van der Waals surface area contributed by atoms with Gasteiger partial charge in [-0.15, -0.1) is 0 Å². The van der Waals surface area contributed by atoms with Crippen molar-refractivity contribution in [2.45, 2.75) is 31.2 Å². The zero-order chi connectivity index (χ0) is 26.6. The fraction of sp³-hybridized carbons (Fsp3) is 0.259. The Balaban J connectivity index is 1.59. The maximum absolute atomic E-state index is 13.9. The Kier molecular flexibility index (Phi) is 8.69. The second kappa shape index (κ2) is 11.8. The summed E-state index contributed by atoms with van der Waals surface area (Å²) in [6.07, 6.45) is 1.17. The molecule has 1 N–H and O–H groups in total. The maximum atomic E-state index is 13.9. The van der Waals surface area contributed by atoms with E-state index in [2.05, 4.69) is 21.2 Å². The van der Waals surface area contributed by atoms with Gasteiger partial charge in [-0.1, -0.05) is 39.7 Å². The highest BCUT2D eigenvalue weighted by atomic mass is 79.9. The lowest BCUT2D eigenvalue weighted by atomic mass is 9.97. The fourth-order valence-electron chi connectivity index (χ4n) is 4.34. The molecular weight excluding hydrogens is 578 g/mol. The van der Waals surface area contributed by atoms with Gasteiger partial charge in [0.2, 0.25) is 21.8 Å². The number of sulfonamides is 1. The molecule has 2 amide bonds. The molecule has 0 bridgehead atoms. The Hall–Kier alpha value is -2.72. The van der Waals surface area contributed by atoms with Crippen LogP contribution in [0.25, 0.3) is 0 Å². The lowest BCUT2D eigenvalue weighted by Crippen LogP contribution is -2.46. The van der Waals surface area contributed by atoms with Crippen LogP contribution in [0.4, 0.5) is 11.4 Å². The van der Waals surface area contributed by atoms with E-state index in [9.17, 15) is 18.0 Å². The Labute approximate surface area is 230 Å². The molecule has 0 aromatic heterocycles. The summed E-state index contributed by atoms with van der Waals surface area (Å²) in [6.45, 7) is 2.22. The number of hydrogen-bond donors (Lipinski definition) is 1. The summed E-state index contributed by atoms with van der Waals surface area (Å²) in [5, 5.41) is 3.19. The largest absolute Gasteiger partial charge is 0.326 e. The van der Waals surface area contributed by atoms with Crippen molar-refractivity contribution in [3.8, 4) is 0 Å². The van der Waals surface area contributed by atoms with Gasteiger partial charge in [-0.05, 0) is 79.1 Å². The lowest BCUT2D eigenvalue weighted by molar-refractivity contribution is -0.123. The number of halogens is 2. The van der Waals surface area contributed by atoms with Gasteiger partial charge in [0.1, 0.15) is 0 Å². The van der Waals surface area contributed by atoms with E-state index in [1.165, 1.54) is 23.4 Å². The Morgan fingerprint density at radius 2 is 1.68 bits per heavy atom. The van der Waals surface area contributed by atoms with Crippen molar-refractivity contribution in [2.75, 3.05) is 23.3 Å². The van der Waals surface area contributed by atoms with Gasteiger partial charge in [-0.3, -0.25) is 9.59 Å². The first-order chi connectivity index (χ1) is 17.6. The molecule has 194 valence electrons. The monoisotopic (exact) mass is 603 g/mol. The van der Waals surface area contributed by atoms with Gasteiger partial charge >= 0.3 is 0 Å². The second-order valence-corrected chi connectivity index (χ2v) is 12.2. The molecule has 1 saturated heterocycles. The molecule has 1 heterocycles. The minimum absolute atomic E-state index is 0.102. The van der Waals surface area contributed by atoms with Crippen LogP contribution in [0.5, 0.6) is 0 Å². The normalized spacial score (nSPS) is 16.2. The molecule has 1 unspecified atom stereocenters. The number of piperidine rings is 1. The number of carbonyl (C=O) groups excluding carboxylic acids is 2. The second-order valence-electron chi connectivity index (χ2n) is 8.94. The summed E-state index contributed by atoms with van der Waals surface area (Å²) in [5.74, 6) is -0.827. The average molecular weight is 605 g/mol. The van der Waals surface area contributed by atoms with Gasteiger partial charge in [-0.2, -0.15) is 4.31 Å². The van der Waals surface area contributed by atoms with Crippen LogP contribution in [0.1, 0.15) is 25.3 Å². The Morgan fingerprint density at radius 3 is 2.30 bits per heavy atom. The van der Waals surface area contributed by atoms with Crippen molar-refractivity contribution in [1.29, 1.82) is 0 Å². The van der Waals surface area contributed by atoms with E-state index in [-0.39, 0.29) is 23.3 Å². The zero-order valence-electron chi connectivity index (χ0n) is 20.2. The minimum atomic E-state index is -3.76. The molecule has 0 radical (unpaired) electrons. The third kappa shape index (κ3) is 6.78. The summed E-state index contributed by atoms with van der Waals surface area (Å²) in [5.41, 5.74) is 2.23. The van der Waals surface area contributed by atoms with Crippen LogP contribution in [0.3, 0.4) is 0 Å². The van der Waals surface area contributed by atoms with E-state index in [0.717, 1.165) is 10.0 Å². The number of carbonyl (C=O) groups is 2. The van der Waals surface area contributed by atoms with E-state index in [0.29, 0.717) is 42.3 Å². The van der Waals surface area contributed by atoms with Crippen LogP contribution in [-0.4, -0.2) is 37.6 Å². The highest BCUT2D eigenvalue weighted by Gasteiger charge is 2.35. The number of nitrogens with zero attached hydrogens (tertiary/aromatic N) is 2. The highest BCUT2D eigenvalue weighted by Crippen LogP contribution is 2.29. The van der Waals surface area contributed by atoms with Crippen molar-refractivity contribution >= 4 is 60.7 Å². The summed E-state index contributed by atoms with van der Waals surface area (Å²) in [6, 6.07) is 20.8. The van der Waals surface area contributed by atoms with E-state index < -0.39 is 15.9 Å². The Morgan fingerprint density at radius 1 is 1.03 bits per heavy atom. The third-order valence-corrected chi connectivity index (χ3v) is 8.86. The predicted octanol–water partition coefficient (Wildman–Crippen LogP) is 5.70. The summed E-state index contributed by atoms with van der Waals surface area (Å²) >= 11 is 9.37. The molecule has 3 aromatic rings. The summed E-state index contributed by atoms with van der Waals surface area (Å²) < 4.78 is 28.9. The van der Waals surface area contributed by atoms with E-state index in [1.54, 1.807) is 41.3 Å². The van der Waals surface area contributed by atoms with Gasteiger partial charge in [0.15, 0.2) is 0 Å². The third-order valence-electron chi connectivity index (χ3n) is 6.20. The zero-order valence-corrected chi connectivity index (χ0v) is 23.4. The van der Waals surface area contributed by atoms with Crippen molar-refractivity contribution < 1.29 is 18.0 Å². The minimum Gasteiger partial charge on any atom is -0.326 e. The topological polar surface area (TPSA) is 86.8 Å². The standard InChI is InChI=1S/C27H27BrClN3O4S/c1-19(33)30-24-10-12-25(13-11-24)32(17-20-4-6-22(28)7-5-20)27(34)21-3-2-16-31(18-21)37(35,36)26-14-8-23(29)9-15-26/h4-15,21H,2-3,16-18H2,1H3,(H,30,33). The van der Waals surface area contributed by atoms with Gasteiger partial charge < -0.3 is 10.2 Å². The van der Waals surface area contributed by atoms with Gasteiger partial charge in [-0.25, -0.2) is 8.42 Å². The Bertz CT molecular complexity index is 1360. The van der Waals surface area contributed by atoms with Crippen LogP contribution in [0.2, 0.25) is 5.02 Å². The van der Waals surface area contributed by atoms with Crippen molar-refractivity contribution in [3.63, 3.8) is 0 Å². The summed E-state index contributed by atoms with van der Waals surface area (Å²) in [7, 11) is -3.76. The quantitative estimate of drug-likeness (QED) is 0.375. The van der Waals surface area contributed by atoms with Gasteiger partial charge in [0.25, 0.3) is 0 Å². The number of benzene rings is 3. The van der Waals surface area contributed by atoms with Crippen molar-refractivity contribution in [2.24, 2.45) is 5.92 Å². The molecule has 10 heteroatoms. The number of rotatable bonds is 7. The van der Waals surface area contributed by atoms with Crippen LogP contribution < -0.4 is 10.2 Å². The van der Waals surface area contributed by atoms with Gasteiger partial charge in [0, 0.05) is 40.9 Å². The average Bonchev–Trinajstić information content (AvgIpc) is 2.88. The van der Waals surface area contributed by atoms with E-state index in [4.69, 9.17) is 11.6 Å². The molecule has 0 spiro atoms. The first kappa shape index (κ1) is 27.3. The van der Waals surface area contributed by atoms with Crippen LogP contribution >= 0.6 is 27.5 Å². The summed E-state index contributed by atoms with van der Waals surface area (Å²) in [4.78, 5) is 27.1. The molecule has 1 atom stereocenters. The molecule has 4 rings (SSSR count). The maximum Gasteiger partial charge on any atom is 0.243 e. The molecule has 37 heavy (non-hydrogen) atoms. The molecule has 1 aliphatic heterocycles. The highest BCUT2D eigenvalue weighted by molar-refractivity contribution is 9.10. The molecule has 1 fully saturated rings. The van der Waals surface area contributed by atoms with E-state index >= 15 is 0 Å². The number of amides is 2. The molecule has 3 aromatic carbocycles. The smallest absolute Gasteiger partial charge is 0.243 e. The first-order valence-corrected chi connectivity index (χ1v) is 14.4.